The molecule has 0 aromatic carbocycles. The van der Waals surface area contributed by atoms with Crippen LogP contribution in [0.25, 0.3) is 0 Å². The Kier molecular flexibility index (Phi) is 9.73. The fourth-order valence-corrected chi connectivity index (χ4v) is 3.07. The molecule has 2 aromatic rings. The molecule has 6 nitrogen and oxygen atoms in total. The molecule has 2 N–H and O–H groups in total. The van der Waals surface area contributed by atoms with Gasteiger partial charge in [0.1, 0.15) is 12.4 Å². The molecular formula is C17H27IN6S. The number of thiophene rings is 1. The van der Waals surface area contributed by atoms with Crippen molar-refractivity contribution < 1.29 is 0 Å². The van der Waals surface area contributed by atoms with E-state index in [2.05, 4.69) is 56.8 Å². The van der Waals surface area contributed by atoms with Crippen LogP contribution in [0.5, 0.6) is 0 Å². The fourth-order valence-electron chi connectivity index (χ4n) is 2.20. The second-order valence-electron chi connectivity index (χ2n) is 5.83. The Balaban J connectivity index is 0.00000312. The predicted octanol–water partition coefficient (Wildman–Crippen LogP) is 2.90. The van der Waals surface area contributed by atoms with Crippen molar-refractivity contribution in [1.29, 1.82) is 0 Å². The molecule has 2 aromatic heterocycles. The maximum atomic E-state index is 4.60. The minimum atomic E-state index is 0. The Morgan fingerprint density at radius 3 is 2.84 bits per heavy atom. The van der Waals surface area contributed by atoms with Crippen LogP contribution in [0, 0.1) is 12.8 Å². The van der Waals surface area contributed by atoms with Crippen molar-refractivity contribution in [3.63, 3.8) is 0 Å². The third-order valence-electron chi connectivity index (χ3n) is 3.72. The first-order valence-corrected chi connectivity index (χ1v) is 8.98. The summed E-state index contributed by atoms with van der Waals surface area (Å²) in [5.74, 6) is 3.03. The molecule has 0 aliphatic carbocycles. The number of aromatic nitrogens is 3. The highest BCUT2D eigenvalue weighted by Gasteiger charge is 2.08. The SMILES string of the molecule is C=CCNC(=NCc1nnc(C)n1C)NCC(C)Cc1cccs1.I. The lowest BCUT2D eigenvalue weighted by Crippen LogP contribution is -2.40. The molecular weight excluding hydrogens is 447 g/mol. The highest BCUT2D eigenvalue weighted by atomic mass is 127. The van der Waals surface area contributed by atoms with Crippen LogP contribution in [0.3, 0.4) is 0 Å². The molecule has 0 aliphatic heterocycles. The summed E-state index contributed by atoms with van der Waals surface area (Å²) in [5.41, 5.74) is 0. The van der Waals surface area contributed by atoms with Gasteiger partial charge in [0.25, 0.3) is 0 Å². The number of hydrogen-bond acceptors (Lipinski definition) is 4. The zero-order valence-electron chi connectivity index (χ0n) is 15.0. The average Bonchev–Trinajstić information content (AvgIpc) is 3.18. The van der Waals surface area contributed by atoms with E-state index in [9.17, 15) is 0 Å². The van der Waals surface area contributed by atoms with Crippen molar-refractivity contribution in [3.8, 4) is 0 Å². The number of guanidine groups is 1. The Morgan fingerprint density at radius 1 is 1.44 bits per heavy atom. The van der Waals surface area contributed by atoms with Gasteiger partial charge in [0.05, 0.1) is 0 Å². The highest BCUT2D eigenvalue weighted by molar-refractivity contribution is 14.0. The van der Waals surface area contributed by atoms with Gasteiger partial charge in [-0.1, -0.05) is 19.1 Å². The minimum absolute atomic E-state index is 0. The van der Waals surface area contributed by atoms with E-state index in [-0.39, 0.29) is 24.0 Å². The van der Waals surface area contributed by atoms with Gasteiger partial charge in [0.2, 0.25) is 0 Å². The normalized spacial score (nSPS) is 12.4. The number of hydrogen-bond donors (Lipinski definition) is 2. The van der Waals surface area contributed by atoms with Crippen LogP contribution in [0.15, 0.2) is 35.2 Å². The summed E-state index contributed by atoms with van der Waals surface area (Å²) >= 11 is 1.81. The van der Waals surface area contributed by atoms with Crippen LogP contribution in [0.1, 0.15) is 23.4 Å². The molecule has 2 rings (SSSR count). The molecule has 0 aliphatic rings. The molecule has 0 radical (unpaired) electrons. The monoisotopic (exact) mass is 474 g/mol. The van der Waals surface area contributed by atoms with E-state index in [0.29, 0.717) is 19.0 Å². The Labute approximate surface area is 170 Å². The fraction of sp³-hybridized carbons (Fsp3) is 0.471. The van der Waals surface area contributed by atoms with Crippen molar-refractivity contribution in [1.82, 2.24) is 25.4 Å². The van der Waals surface area contributed by atoms with Gasteiger partial charge < -0.3 is 15.2 Å². The van der Waals surface area contributed by atoms with E-state index in [1.165, 1.54) is 4.88 Å². The molecule has 0 amide bonds. The lowest BCUT2D eigenvalue weighted by Gasteiger charge is -2.15. The summed E-state index contributed by atoms with van der Waals surface area (Å²) in [6.45, 7) is 9.93. The van der Waals surface area contributed by atoms with Gasteiger partial charge in [0.15, 0.2) is 11.8 Å². The van der Waals surface area contributed by atoms with Crippen LogP contribution in [0.4, 0.5) is 0 Å². The van der Waals surface area contributed by atoms with Gasteiger partial charge in [-0.25, -0.2) is 4.99 Å². The third-order valence-corrected chi connectivity index (χ3v) is 4.62. The molecule has 25 heavy (non-hydrogen) atoms. The first-order valence-electron chi connectivity index (χ1n) is 8.10. The molecule has 0 bridgehead atoms. The molecule has 8 heteroatoms. The average molecular weight is 474 g/mol. The van der Waals surface area contributed by atoms with Crippen LogP contribution >= 0.6 is 35.3 Å². The number of aliphatic imine (C=N–C) groups is 1. The predicted molar refractivity (Wildman–Crippen MR) is 116 cm³/mol. The van der Waals surface area contributed by atoms with E-state index in [4.69, 9.17) is 0 Å². The molecule has 1 atom stereocenters. The summed E-state index contributed by atoms with van der Waals surface area (Å²) in [7, 11) is 1.95. The molecule has 138 valence electrons. The maximum Gasteiger partial charge on any atom is 0.191 e. The van der Waals surface area contributed by atoms with E-state index in [1.807, 2.05) is 24.6 Å². The summed E-state index contributed by atoms with van der Waals surface area (Å²) in [4.78, 5) is 6.01. The summed E-state index contributed by atoms with van der Waals surface area (Å²) in [6, 6.07) is 4.28. The van der Waals surface area contributed by atoms with Crippen molar-refractivity contribution >= 4 is 41.3 Å². The smallest absolute Gasteiger partial charge is 0.191 e. The van der Waals surface area contributed by atoms with Gasteiger partial charge in [-0.15, -0.1) is 52.1 Å². The van der Waals surface area contributed by atoms with Gasteiger partial charge in [0, 0.05) is 25.0 Å². The zero-order valence-corrected chi connectivity index (χ0v) is 18.2. The van der Waals surface area contributed by atoms with Gasteiger partial charge in [-0.3, -0.25) is 0 Å². The Morgan fingerprint density at radius 2 is 2.24 bits per heavy atom. The van der Waals surface area contributed by atoms with Crippen molar-refractivity contribution in [2.24, 2.45) is 18.0 Å². The number of nitrogens with zero attached hydrogens (tertiary/aromatic N) is 4. The topological polar surface area (TPSA) is 67.1 Å². The van der Waals surface area contributed by atoms with E-state index < -0.39 is 0 Å². The van der Waals surface area contributed by atoms with Crippen molar-refractivity contribution in [3.05, 3.63) is 46.7 Å². The molecule has 0 saturated heterocycles. The minimum Gasteiger partial charge on any atom is -0.356 e. The lowest BCUT2D eigenvalue weighted by atomic mass is 10.1. The summed E-state index contributed by atoms with van der Waals surface area (Å²) < 4.78 is 1.95. The quantitative estimate of drug-likeness (QED) is 0.267. The number of rotatable bonds is 8. The van der Waals surface area contributed by atoms with Gasteiger partial charge in [-0.2, -0.15) is 0 Å². The lowest BCUT2D eigenvalue weighted by molar-refractivity contribution is 0.562. The number of aryl methyl sites for hydroxylation is 1. The van der Waals surface area contributed by atoms with Crippen LogP contribution in [-0.2, 0) is 20.0 Å². The van der Waals surface area contributed by atoms with Crippen LogP contribution in [-0.4, -0.2) is 33.8 Å². The van der Waals surface area contributed by atoms with E-state index in [1.54, 1.807) is 11.3 Å². The highest BCUT2D eigenvalue weighted by Crippen LogP contribution is 2.13. The van der Waals surface area contributed by atoms with Gasteiger partial charge in [-0.05, 0) is 30.7 Å². The van der Waals surface area contributed by atoms with Crippen molar-refractivity contribution in [2.45, 2.75) is 26.8 Å². The van der Waals surface area contributed by atoms with E-state index in [0.717, 1.165) is 30.6 Å². The van der Waals surface area contributed by atoms with Crippen LogP contribution < -0.4 is 10.6 Å². The number of nitrogens with one attached hydrogen (secondary N) is 2. The molecule has 0 saturated carbocycles. The third kappa shape index (κ3) is 7.15. The first-order chi connectivity index (χ1) is 11.6. The zero-order chi connectivity index (χ0) is 17.4. The molecule has 2 heterocycles. The molecule has 1 unspecified atom stereocenters. The summed E-state index contributed by atoms with van der Waals surface area (Å²) in [6.07, 6.45) is 2.89. The van der Waals surface area contributed by atoms with Gasteiger partial charge >= 0.3 is 0 Å². The molecule has 0 fully saturated rings. The number of halogens is 1. The Bertz CT molecular complexity index is 665. The van der Waals surface area contributed by atoms with Crippen LogP contribution in [0.2, 0.25) is 0 Å². The second kappa shape index (κ2) is 11.2. The molecule has 0 spiro atoms. The maximum absolute atomic E-state index is 4.60. The first kappa shape index (κ1) is 21.6. The standard InChI is InChI=1S/C17H26N6S.HI/c1-5-8-18-17(20-12-16-22-21-14(3)23(16)4)19-11-13(2)10-15-7-6-9-24-15;/h5-7,9,13H,1,8,10-12H2,2-4H3,(H2,18,19,20);1H. The van der Waals surface area contributed by atoms with E-state index >= 15 is 0 Å². The Hall–Kier alpha value is -1.42. The summed E-state index contributed by atoms with van der Waals surface area (Å²) in [5, 5.41) is 17.0. The largest absolute Gasteiger partial charge is 0.356 e. The second-order valence-corrected chi connectivity index (χ2v) is 6.86. The van der Waals surface area contributed by atoms with Crippen molar-refractivity contribution in [2.75, 3.05) is 13.1 Å².